The lowest BCUT2D eigenvalue weighted by molar-refractivity contribution is 0.223. The third-order valence-corrected chi connectivity index (χ3v) is 2.28. The maximum atomic E-state index is 9.66. The van der Waals surface area contributed by atoms with Crippen molar-refractivity contribution in [2.24, 2.45) is 0 Å². The van der Waals surface area contributed by atoms with Crippen molar-refractivity contribution in [3.63, 3.8) is 0 Å². The number of aliphatic hydroxyl groups is 1. The molecule has 0 aliphatic rings. The van der Waals surface area contributed by atoms with Crippen molar-refractivity contribution < 1.29 is 5.11 Å². The Balaban J connectivity index is 2.70. The van der Waals surface area contributed by atoms with E-state index in [4.69, 9.17) is 11.6 Å². The molecular weight excluding hydrogens is 196 g/mol. The summed E-state index contributed by atoms with van der Waals surface area (Å²) in [5, 5.41) is 10.4. The Kier molecular flexibility index (Phi) is 4.18. The Morgan fingerprint density at radius 3 is 2.64 bits per heavy atom. The molecule has 1 N–H and O–H groups in total. The van der Waals surface area contributed by atoms with Crippen LogP contribution < -0.4 is 0 Å². The molecule has 0 saturated carbocycles. The largest absolute Gasteiger partial charge is 0.389 e. The van der Waals surface area contributed by atoms with Crippen LogP contribution in [-0.4, -0.2) is 11.2 Å². The Labute approximate surface area is 90.0 Å². The van der Waals surface area contributed by atoms with Crippen LogP contribution in [0.5, 0.6) is 0 Å². The maximum absolute atomic E-state index is 9.66. The van der Waals surface area contributed by atoms with E-state index in [-0.39, 0.29) is 0 Å². The van der Waals surface area contributed by atoms with E-state index in [2.05, 4.69) is 0 Å². The molecule has 0 radical (unpaired) electrons. The molecule has 2 heteroatoms. The average molecular weight is 211 g/mol. The smallest absolute Gasteiger partial charge is 0.0764 e. The summed E-state index contributed by atoms with van der Waals surface area (Å²) < 4.78 is 0. The lowest BCUT2D eigenvalue weighted by Crippen LogP contribution is -2.07. The summed E-state index contributed by atoms with van der Waals surface area (Å²) in [4.78, 5) is 0. The molecule has 0 bridgehead atoms. The highest BCUT2D eigenvalue weighted by Crippen LogP contribution is 2.17. The number of halogens is 1. The minimum absolute atomic E-state index is 0.445. The average Bonchev–Trinajstić information content (AvgIpc) is 2.07. The van der Waals surface area contributed by atoms with E-state index in [1.807, 2.05) is 44.2 Å². The van der Waals surface area contributed by atoms with Crippen molar-refractivity contribution in [3.8, 4) is 0 Å². The van der Waals surface area contributed by atoms with E-state index in [0.29, 0.717) is 11.4 Å². The molecule has 0 aromatic heterocycles. The highest BCUT2D eigenvalue weighted by Gasteiger charge is 2.04. The number of hydrogen-bond donors (Lipinski definition) is 1. The van der Waals surface area contributed by atoms with Crippen molar-refractivity contribution in [2.45, 2.75) is 26.4 Å². The topological polar surface area (TPSA) is 20.2 Å². The second-order valence-electron chi connectivity index (χ2n) is 3.61. The van der Waals surface area contributed by atoms with Gasteiger partial charge in [-0.1, -0.05) is 41.4 Å². The van der Waals surface area contributed by atoms with Gasteiger partial charge in [-0.15, -0.1) is 0 Å². The fourth-order valence-corrected chi connectivity index (χ4v) is 1.55. The van der Waals surface area contributed by atoms with Crippen LogP contribution in [0.25, 0.3) is 0 Å². The van der Waals surface area contributed by atoms with Gasteiger partial charge in [0, 0.05) is 11.4 Å². The van der Waals surface area contributed by atoms with Gasteiger partial charge in [0.25, 0.3) is 0 Å². The first-order valence-electron chi connectivity index (χ1n) is 4.66. The summed E-state index contributed by atoms with van der Waals surface area (Å²) in [6.45, 7) is 3.94. The number of rotatable bonds is 3. The van der Waals surface area contributed by atoms with Gasteiger partial charge in [-0.25, -0.2) is 0 Å². The van der Waals surface area contributed by atoms with Crippen LogP contribution in [-0.2, 0) is 6.42 Å². The molecule has 1 unspecified atom stereocenters. The lowest BCUT2D eigenvalue weighted by atomic mass is 10.1. The lowest BCUT2D eigenvalue weighted by Gasteiger charge is -2.07. The van der Waals surface area contributed by atoms with Crippen LogP contribution in [0, 0.1) is 0 Å². The molecule has 0 heterocycles. The molecule has 0 aliphatic carbocycles. The van der Waals surface area contributed by atoms with Crippen molar-refractivity contribution in [2.75, 3.05) is 0 Å². The predicted octanol–water partition coefficient (Wildman–Crippen LogP) is 3.21. The Morgan fingerprint density at radius 2 is 2.07 bits per heavy atom. The summed E-state index contributed by atoms with van der Waals surface area (Å²) in [5.74, 6) is 0. The first kappa shape index (κ1) is 11.3. The van der Waals surface area contributed by atoms with Gasteiger partial charge >= 0.3 is 0 Å². The molecule has 0 spiro atoms. The van der Waals surface area contributed by atoms with Crippen LogP contribution in [0.4, 0.5) is 0 Å². The minimum atomic E-state index is -0.445. The van der Waals surface area contributed by atoms with Gasteiger partial charge in [-0.3, -0.25) is 0 Å². The quantitative estimate of drug-likeness (QED) is 0.760. The van der Waals surface area contributed by atoms with Crippen LogP contribution >= 0.6 is 11.6 Å². The normalized spacial score (nSPS) is 12.3. The molecule has 0 aliphatic heterocycles. The standard InChI is InChI=1S/C12H15ClO/c1-9(2)7-11(14)8-10-5-3-4-6-12(10)13/h3-7,11,14H,8H2,1-2H3. The third-order valence-electron chi connectivity index (χ3n) is 1.91. The Hall–Kier alpha value is -0.790. The van der Waals surface area contributed by atoms with E-state index in [9.17, 15) is 5.11 Å². The second kappa shape index (κ2) is 5.18. The SMILES string of the molecule is CC(C)=CC(O)Cc1ccccc1Cl. The van der Waals surface area contributed by atoms with Gasteiger partial charge < -0.3 is 5.11 Å². The molecule has 0 amide bonds. The van der Waals surface area contributed by atoms with Gasteiger partial charge in [0.2, 0.25) is 0 Å². The molecule has 0 fully saturated rings. The molecular formula is C12H15ClO. The summed E-state index contributed by atoms with van der Waals surface area (Å²) in [7, 11) is 0. The zero-order chi connectivity index (χ0) is 10.6. The third kappa shape index (κ3) is 3.52. The highest BCUT2D eigenvalue weighted by atomic mass is 35.5. The molecule has 76 valence electrons. The van der Waals surface area contributed by atoms with Crippen molar-refractivity contribution >= 4 is 11.6 Å². The molecule has 14 heavy (non-hydrogen) atoms. The van der Waals surface area contributed by atoms with Gasteiger partial charge in [0.05, 0.1) is 6.10 Å². The number of aliphatic hydroxyl groups excluding tert-OH is 1. The number of hydrogen-bond acceptors (Lipinski definition) is 1. The van der Waals surface area contributed by atoms with Crippen LogP contribution in [0.15, 0.2) is 35.9 Å². The molecule has 1 rings (SSSR count). The molecule has 0 saturated heterocycles. The van der Waals surface area contributed by atoms with Crippen LogP contribution in [0.2, 0.25) is 5.02 Å². The fraction of sp³-hybridized carbons (Fsp3) is 0.333. The predicted molar refractivity (Wildman–Crippen MR) is 60.6 cm³/mol. The molecule has 1 nitrogen and oxygen atoms in total. The summed E-state index contributed by atoms with van der Waals surface area (Å²) in [6, 6.07) is 7.59. The zero-order valence-corrected chi connectivity index (χ0v) is 9.25. The second-order valence-corrected chi connectivity index (χ2v) is 4.01. The van der Waals surface area contributed by atoms with Crippen molar-refractivity contribution in [1.29, 1.82) is 0 Å². The van der Waals surface area contributed by atoms with Gasteiger partial charge in [0.1, 0.15) is 0 Å². The van der Waals surface area contributed by atoms with Gasteiger partial charge in [0.15, 0.2) is 0 Å². The van der Waals surface area contributed by atoms with E-state index in [1.165, 1.54) is 0 Å². The Bertz CT molecular complexity index is 327. The van der Waals surface area contributed by atoms with Crippen molar-refractivity contribution in [3.05, 3.63) is 46.5 Å². The first-order chi connectivity index (χ1) is 6.59. The molecule has 1 aromatic carbocycles. The van der Waals surface area contributed by atoms with E-state index >= 15 is 0 Å². The summed E-state index contributed by atoms with van der Waals surface area (Å²) in [5.41, 5.74) is 2.10. The monoisotopic (exact) mass is 210 g/mol. The molecule has 1 aromatic rings. The highest BCUT2D eigenvalue weighted by molar-refractivity contribution is 6.31. The van der Waals surface area contributed by atoms with E-state index < -0.39 is 6.10 Å². The van der Waals surface area contributed by atoms with E-state index in [1.54, 1.807) is 0 Å². The number of allylic oxidation sites excluding steroid dienone is 1. The number of benzene rings is 1. The molecule has 1 atom stereocenters. The summed E-state index contributed by atoms with van der Waals surface area (Å²) in [6.07, 6.45) is 1.97. The van der Waals surface area contributed by atoms with Gasteiger partial charge in [-0.05, 0) is 25.5 Å². The summed E-state index contributed by atoms with van der Waals surface area (Å²) >= 11 is 5.97. The van der Waals surface area contributed by atoms with Crippen LogP contribution in [0.1, 0.15) is 19.4 Å². The fourth-order valence-electron chi connectivity index (χ4n) is 1.33. The maximum Gasteiger partial charge on any atom is 0.0764 e. The Morgan fingerprint density at radius 1 is 1.43 bits per heavy atom. The zero-order valence-electron chi connectivity index (χ0n) is 8.50. The van der Waals surface area contributed by atoms with E-state index in [0.717, 1.165) is 11.1 Å². The minimum Gasteiger partial charge on any atom is -0.389 e. The van der Waals surface area contributed by atoms with Gasteiger partial charge in [-0.2, -0.15) is 0 Å². The van der Waals surface area contributed by atoms with Crippen LogP contribution in [0.3, 0.4) is 0 Å². The van der Waals surface area contributed by atoms with Crippen molar-refractivity contribution in [1.82, 2.24) is 0 Å². The first-order valence-corrected chi connectivity index (χ1v) is 5.04.